The van der Waals surface area contributed by atoms with Gasteiger partial charge in [0.1, 0.15) is 0 Å². The Labute approximate surface area is 167 Å². The Morgan fingerprint density at radius 3 is 2.44 bits per heavy atom. The standard InChI is InChI=1S/C18H29N3O3.HI/c1-5-19-18(20-8-10-24-6-2)21-9-7-14-11-16(22-3)17(23-4)12-15(14)13-21;/h11-12H,5-10,13H2,1-4H3,(H,19,20);1H. The number of halogens is 1. The zero-order valence-corrected chi connectivity index (χ0v) is 18.0. The molecule has 0 radical (unpaired) electrons. The van der Waals surface area contributed by atoms with E-state index in [1.54, 1.807) is 14.2 Å². The van der Waals surface area contributed by atoms with Crippen LogP contribution in [0.15, 0.2) is 17.1 Å². The van der Waals surface area contributed by atoms with Gasteiger partial charge in [0.25, 0.3) is 0 Å². The fraction of sp³-hybridized carbons (Fsp3) is 0.611. The van der Waals surface area contributed by atoms with Crippen molar-refractivity contribution in [2.24, 2.45) is 4.99 Å². The fourth-order valence-electron chi connectivity index (χ4n) is 2.85. The van der Waals surface area contributed by atoms with Crippen molar-refractivity contribution in [2.75, 3.05) is 47.1 Å². The van der Waals surface area contributed by atoms with Crippen molar-refractivity contribution in [3.8, 4) is 11.5 Å². The van der Waals surface area contributed by atoms with E-state index in [2.05, 4.69) is 34.3 Å². The molecule has 142 valence electrons. The Hall–Kier alpha value is -1.22. The molecule has 0 aliphatic carbocycles. The zero-order valence-electron chi connectivity index (χ0n) is 15.6. The number of nitrogens with zero attached hydrogens (tertiary/aromatic N) is 2. The summed E-state index contributed by atoms with van der Waals surface area (Å²) in [7, 11) is 3.35. The summed E-state index contributed by atoms with van der Waals surface area (Å²) in [5, 5.41) is 3.38. The molecule has 25 heavy (non-hydrogen) atoms. The van der Waals surface area contributed by atoms with Gasteiger partial charge in [0.2, 0.25) is 0 Å². The predicted octanol–water partition coefficient (Wildman–Crippen LogP) is 2.68. The number of benzene rings is 1. The first kappa shape index (κ1) is 21.8. The van der Waals surface area contributed by atoms with E-state index in [9.17, 15) is 0 Å². The van der Waals surface area contributed by atoms with Gasteiger partial charge < -0.3 is 24.4 Å². The summed E-state index contributed by atoms with van der Waals surface area (Å²) >= 11 is 0. The van der Waals surface area contributed by atoms with Crippen molar-refractivity contribution in [1.29, 1.82) is 0 Å². The van der Waals surface area contributed by atoms with E-state index in [1.807, 2.05) is 6.92 Å². The lowest BCUT2D eigenvalue weighted by Crippen LogP contribution is -2.44. The first-order chi connectivity index (χ1) is 11.7. The summed E-state index contributed by atoms with van der Waals surface area (Å²) in [5.74, 6) is 2.51. The van der Waals surface area contributed by atoms with Gasteiger partial charge in [-0.05, 0) is 43.5 Å². The molecule has 1 aromatic carbocycles. The third-order valence-corrected chi connectivity index (χ3v) is 4.05. The van der Waals surface area contributed by atoms with Gasteiger partial charge in [0.05, 0.1) is 27.4 Å². The predicted molar refractivity (Wildman–Crippen MR) is 112 cm³/mol. The van der Waals surface area contributed by atoms with Crippen LogP contribution >= 0.6 is 24.0 Å². The summed E-state index contributed by atoms with van der Waals surface area (Å²) < 4.78 is 16.2. The van der Waals surface area contributed by atoms with Gasteiger partial charge in [0, 0.05) is 26.2 Å². The average molecular weight is 463 g/mol. The third kappa shape index (κ3) is 5.91. The number of fused-ring (bicyclic) bond motifs is 1. The van der Waals surface area contributed by atoms with Crippen LogP contribution in [0.4, 0.5) is 0 Å². The quantitative estimate of drug-likeness (QED) is 0.292. The van der Waals surface area contributed by atoms with E-state index < -0.39 is 0 Å². The minimum Gasteiger partial charge on any atom is -0.493 e. The number of ether oxygens (including phenoxy) is 3. The highest BCUT2D eigenvalue weighted by Crippen LogP contribution is 2.33. The summed E-state index contributed by atoms with van der Waals surface area (Å²) in [4.78, 5) is 6.96. The van der Waals surface area contributed by atoms with Gasteiger partial charge in [-0.1, -0.05) is 0 Å². The monoisotopic (exact) mass is 463 g/mol. The van der Waals surface area contributed by atoms with Gasteiger partial charge >= 0.3 is 0 Å². The highest BCUT2D eigenvalue weighted by atomic mass is 127. The summed E-state index contributed by atoms with van der Waals surface area (Å²) in [6, 6.07) is 4.16. The summed E-state index contributed by atoms with van der Waals surface area (Å²) in [6.07, 6.45) is 0.964. The highest BCUT2D eigenvalue weighted by molar-refractivity contribution is 14.0. The lowest BCUT2D eigenvalue weighted by atomic mass is 9.99. The van der Waals surface area contributed by atoms with Crippen LogP contribution in [-0.4, -0.2) is 57.9 Å². The van der Waals surface area contributed by atoms with E-state index in [0.717, 1.165) is 50.1 Å². The number of hydrogen-bond acceptors (Lipinski definition) is 4. The Kier molecular flexibility index (Phi) is 9.96. The molecule has 0 aromatic heterocycles. The van der Waals surface area contributed by atoms with Gasteiger partial charge in [0.15, 0.2) is 17.5 Å². The molecule has 0 spiro atoms. The average Bonchev–Trinajstić information content (AvgIpc) is 2.62. The molecule has 0 unspecified atom stereocenters. The number of nitrogens with one attached hydrogen (secondary N) is 1. The maximum atomic E-state index is 5.43. The molecule has 1 aromatic rings. The van der Waals surface area contributed by atoms with Crippen LogP contribution < -0.4 is 14.8 Å². The van der Waals surface area contributed by atoms with Crippen LogP contribution in [-0.2, 0) is 17.7 Å². The smallest absolute Gasteiger partial charge is 0.194 e. The second kappa shape index (κ2) is 11.4. The van der Waals surface area contributed by atoms with E-state index in [-0.39, 0.29) is 24.0 Å². The van der Waals surface area contributed by atoms with Crippen LogP contribution in [0.3, 0.4) is 0 Å². The molecular weight excluding hydrogens is 433 g/mol. The van der Waals surface area contributed by atoms with Crippen LogP contribution in [0.2, 0.25) is 0 Å². The molecule has 0 amide bonds. The van der Waals surface area contributed by atoms with Crippen molar-refractivity contribution in [2.45, 2.75) is 26.8 Å². The largest absolute Gasteiger partial charge is 0.493 e. The maximum absolute atomic E-state index is 5.43. The molecule has 0 saturated carbocycles. The minimum atomic E-state index is 0. The lowest BCUT2D eigenvalue weighted by Gasteiger charge is -2.32. The third-order valence-electron chi connectivity index (χ3n) is 4.05. The lowest BCUT2D eigenvalue weighted by molar-refractivity contribution is 0.155. The van der Waals surface area contributed by atoms with E-state index in [4.69, 9.17) is 14.2 Å². The Morgan fingerprint density at radius 2 is 1.84 bits per heavy atom. The number of aliphatic imine (C=N–C) groups is 1. The number of hydrogen-bond donors (Lipinski definition) is 1. The first-order valence-electron chi connectivity index (χ1n) is 8.58. The van der Waals surface area contributed by atoms with Crippen LogP contribution in [0, 0.1) is 0 Å². The van der Waals surface area contributed by atoms with E-state index >= 15 is 0 Å². The molecule has 0 bridgehead atoms. The number of methoxy groups -OCH3 is 2. The van der Waals surface area contributed by atoms with Gasteiger partial charge in [-0.3, -0.25) is 4.99 Å². The summed E-state index contributed by atoms with van der Waals surface area (Å²) in [6.45, 7) is 8.74. The zero-order chi connectivity index (χ0) is 17.4. The molecule has 1 heterocycles. The Balaban J connectivity index is 0.00000312. The molecule has 0 fully saturated rings. The van der Waals surface area contributed by atoms with E-state index in [0.29, 0.717) is 13.2 Å². The molecule has 0 atom stereocenters. The van der Waals surface area contributed by atoms with Crippen LogP contribution in [0.5, 0.6) is 11.5 Å². The minimum absolute atomic E-state index is 0. The molecule has 2 rings (SSSR count). The first-order valence-corrected chi connectivity index (χ1v) is 8.58. The van der Waals surface area contributed by atoms with Crippen molar-refractivity contribution >= 4 is 29.9 Å². The van der Waals surface area contributed by atoms with E-state index in [1.165, 1.54) is 11.1 Å². The van der Waals surface area contributed by atoms with Gasteiger partial charge in [-0.25, -0.2) is 0 Å². The summed E-state index contributed by atoms with van der Waals surface area (Å²) in [5.41, 5.74) is 2.57. The topological polar surface area (TPSA) is 55.3 Å². The Morgan fingerprint density at radius 1 is 1.16 bits per heavy atom. The maximum Gasteiger partial charge on any atom is 0.194 e. The fourth-order valence-corrected chi connectivity index (χ4v) is 2.85. The SMILES string of the molecule is CCNC(=NCCOCC)N1CCc2cc(OC)c(OC)cc2C1.I. The molecule has 1 aliphatic rings. The normalized spacial score (nSPS) is 13.8. The second-order valence-electron chi connectivity index (χ2n) is 5.58. The molecule has 7 heteroatoms. The van der Waals surface area contributed by atoms with Crippen molar-refractivity contribution in [3.05, 3.63) is 23.3 Å². The molecule has 0 saturated heterocycles. The molecule has 1 aliphatic heterocycles. The van der Waals surface area contributed by atoms with Crippen molar-refractivity contribution < 1.29 is 14.2 Å². The van der Waals surface area contributed by atoms with Crippen LogP contribution in [0.25, 0.3) is 0 Å². The highest BCUT2D eigenvalue weighted by Gasteiger charge is 2.21. The van der Waals surface area contributed by atoms with Gasteiger partial charge in [-0.2, -0.15) is 0 Å². The van der Waals surface area contributed by atoms with Crippen molar-refractivity contribution in [1.82, 2.24) is 10.2 Å². The number of rotatable bonds is 7. The van der Waals surface area contributed by atoms with Gasteiger partial charge in [-0.15, -0.1) is 24.0 Å². The molecule has 6 nitrogen and oxygen atoms in total. The second-order valence-corrected chi connectivity index (χ2v) is 5.58. The number of guanidine groups is 1. The van der Waals surface area contributed by atoms with Crippen molar-refractivity contribution in [3.63, 3.8) is 0 Å². The Bertz CT molecular complexity index is 567. The van der Waals surface area contributed by atoms with Crippen LogP contribution in [0.1, 0.15) is 25.0 Å². The molecule has 1 N–H and O–H groups in total. The molecular formula is C18H30IN3O3.